The number of amides is 1. The lowest BCUT2D eigenvalue weighted by molar-refractivity contribution is -0.116. The van der Waals surface area contributed by atoms with E-state index < -0.39 is 0 Å². The predicted molar refractivity (Wildman–Crippen MR) is 114 cm³/mol. The first kappa shape index (κ1) is 19.4. The summed E-state index contributed by atoms with van der Waals surface area (Å²) in [5.74, 6) is 1.73. The van der Waals surface area contributed by atoms with Crippen LogP contribution in [0.5, 0.6) is 5.75 Å². The molecule has 0 saturated carbocycles. The Balaban J connectivity index is 1.51. The van der Waals surface area contributed by atoms with Crippen LogP contribution in [0.2, 0.25) is 0 Å². The highest BCUT2D eigenvalue weighted by Gasteiger charge is 2.24. The van der Waals surface area contributed by atoms with Crippen LogP contribution in [0.15, 0.2) is 45.4 Å². The van der Waals surface area contributed by atoms with Crippen molar-refractivity contribution >= 4 is 33.2 Å². The van der Waals surface area contributed by atoms with E-state index in [9.17, 15) is 4.79 Å². The van der Waals surface area contributed by atoms with Crippen molar-refractivity contribution in [1.29, 1.82) is 0 Å². The molecular formula is C21H21BrN4O3. The van der Waals surface area contributed by atoms with Crippen LogP contribution in [0.25, 0.3) is 11.5 Å². The number of methoxy groups -OCH3 is 1. The molecule has 1 N–H and O–H groups in total. The minimum absolute atomic E-state index is 0.000339. The lowest BCUT2D eigenvalue weighted by Gasteiger charge is -2.19. The Morgan fingerprint density at radius 1 is 1.31 bits per heavy atom. The molecule has 2 heterocycles. The first-order valence-electron chi connectivity index (χ1n) is 9.42. The number of benzene rings is 2. The molecule has 0 aliphatic carbocycles. The molecule has 29 heavy (non-hydrogen) atoms. The summed E-state index contributed by atoms with van der Waals surface area (Å²) >= 11 is 3.48. The van der Waals surface area contributed by atoms with Crippen molar-refractivity contribution in [3.8, 4) is 17.2 Å². The van der Waals surface area contributed by atoms with Gasteiger partial charge in [-0.2, -0.15) is 4.98 Å². The molecular weight excluding hydrogens is 436 g/mol. The lowest BCUT2D eigenvalue weighted by Crippen LogP contribution is -2.34. The summed E-state index contributed by atoms with van der Waals surface area (Å²) in [6.07, 6.45) is 1.57. The third-order valence-electron chi connectivity index (χ3n) is 4.90. The Kier molecular flexibility index (Phi) is 5.53. The number of fused-ring (bicyclic) bond motifs is 1. The summed E-state index contributed by atoms with van der Waals surface area (Å²) in [6.45, 7) is 2.80. The standard InChI is InChI=1S/C21H21BrN4O3/c1-3-19-24-21(29-25-19)14-5-7-18(28-2)16(10-14)23-12-20(27)26-9-8-13-4-6-15(22)11-17(13)26/h4-7,10-11,23H,3,8-9,12H2,1-2H3. The van der Waals surface area contributed by atoms with Gasteiger partial charge in [0.15, 0.2) is 5.82 Å². The fourth-order valence-electron chi connectivity index (χ4n) is 3.37. The second-order valence-electron chi connectivity index (χ2n) is 6.71. The maximum atomic E-state index is 12.9. The van der Waals surface area contributed by atoms with Crippen LogP contribution in [0.3, 0.4) is 0 Å². The average Bonchev–Trinajstić information content (AvgIpc) is 3.38. The molecule has 1 aliphatic heterocycles. The number of aryl methyl sites for hydroxylation is 1. The molecule has 2 aromatic carbocycles. The molecule has 7 nitrogen and oxygen atoms in total. The number of nitrogens with zero attached hydrogens (tertiary/aromatic N) is 3. The first-order valence-corrected chi connectivity index (χ1v) is 10.2. The van der Waals surface area contributed by atoms with Crippen LogP contribution >= 0.6 is 15.9 Å². The molecule has 0 saturated heterocycles. The van der Waals surface area contributed by atoms with Gasteiger partial charge in [-0.05, 0) is 42.3 Å². The van der Waals surface area contributed by atoms with Gasteiger partial charge in [-0.1, -0.05) is 34.1 Å². The molecule has 0 spiro atoms. The second-order valence-corrected chi connectivity index (χ2v) is 7.62. The largest absolute Gasteiger partial charge is 0.495 e. The maximum Gasteiger partial charge on any atom is 0.257 e. The highest BCUT2D eigenvalue weighted by Crippen LogP contribution is 2.32. The van der Waals surface area contributed by atoms with Gasteiger partial charge in [0, 0.05) is 28.7 Å². The van der Waals surface area contributed by atoms with E-state index in [4.69, 9.17) is 9.26 Å². The molecule has 0 fully saturated rings. The third kappa shape index (κ3) is 3.98. The van der Waals surface area contributed by atoms with E-state index in [0.717, 1.165) is 22.1 Å². The molecule has 3 aromatic rings. The van der Waals surface area contributed by atoms with Crippen LogP contribution in [0.1, 0.15) is 18.3 Å². The number of aromatic nitrogens is 2. The zero-order valence-corrected chi connectivity index (χ0v) is 17.8. The topological polar surface area (TPSA) is 80.5 Å². The van der Waals surface area contributed by atoms with Gasteiger partial charge in [0.2, 0.25) is 5.91 Å². The monoisotopic (exact) mass is 456 g/mol. The second kappa shape index (κ2) is 8.24. The van der Waals surface area contributed by atoms with Crippen LogP contribution < -0.4 is 15.0 Å². The van der Waals surface area contributed by atoms with E-state index >= 15 is 0 Å². The Hall–Kier alpha value is -2.87. The van der Waals surface area contributed by atoms with Crippen LogP contribution in [-0.4, -0.2) is 36.2 Å². The Bertz CT molecular complexity index is 1050. The highest BCUT2D eigenvalue weighted by atomic mass is 79.9. The van der Waals surface area contributed by atoms with E-state index in [0.29, 0.717) is 36.1 Å². The average molecular weight is 457 g/mol. The van der Waals surface area contributed by atoms with Crippen LogP contribution in [0.4, 0.5) is 11.4 Å². The number of carbonyl (C=O) groups excluding carboxylic acids is 1. The third-order valence-corrected chi connectivity index (χ3v) is 5.40. The predicted octanol–water partition coefficient (Wildman–Crippen LogP) is 4.07. The SMILES string of the molecule is CCc1noc(-c2ccc(OC)c(NCC(=O)N3CCc4ccc(Br)cc43)c2)n1. The number of carbonyl (C=O) groups is 1. The Morgan fingerprint density at radius 3 is 2.93 bits per heavy atom. The quantitative estimate of drug-likeness (QED) is 0.601. The van der Waals surface area contributed by atoms with Gasteiger partial charge in [0.1, 0.15) is 5.75 Å². The molecule has 1 aromatic heterocycles. The minimum Gasteiger partial charge on any atom is -0.495 e. The van der Waals surface area contributed by atoms with E-state index in [2.05, 4.69) is 37.5 Å². The molecule has 0 unspecified atom stereocenters. The summed E-state index contributed by atoms with van der Waals surface area (Å²) < 4.78 is 11.7. The summed E-state index contributed by atoms with van der Waals surface area (Å²) in [7, 11) is 1.60. The lowest BCUT2D eigenvalue weighted by atomic mass is 10.1. The van der Waals surface area contributed by atoms with Gasteiger partial charge in [-0.3, -0.25) is 4.79 Å². The van der Waals surface area contributed by atoms with Gasteiger partial charge in [-0.15, -0.1) is 0 Å². The van der Waals surface area contributed by atoms with Crippen molar-refractivity contribution in [2.24, 2.45) is 0 Å². The number of nitrogens with one attached hydrogen (secondary N) is 1. The molecule has 0 radical (unpaired) electrons. The van der Waals surface area contributed by atoms with Crippen LogP contribution in [0, 0.1) is 0 Å². The first-order chi connectivity index (χ1) is 14.1. The van der Waals surface area contributed by atoms with Crippen molar-refractivity contribution in [1.82, 2.24) is 10.1 Å². The smallest absolute Gasteiger partial charge is 0.257 e. The van der Waals surface area contributed by atoms with E-state index in [1.165, 1.54) is 5.56 Å². The van der Waals surface area contributed by atoms with Gasteiger partial charge >= 0.3 is 0 Å². The number of hydrogen-bond donors (Lipinski definition) is 1. The van der Waals surface area contributed by atoms with E-state index in [1.54, 1.807) is 7.11 Å². The molecule has 0 bridgehead atoms. The normalized spacial score (nSPS) is 12.7. The fourth-order valence-corrected chi connectivity index (χ4v) is 3.72. The van der Waals surface area contributed by atoms with E-state index in [-0.39, 0.29) is 12.5 Å². The number of rotatable bonds is 6. The zero-order valence-electron chi connectivity index (χ0n) is 16.2. The minimum atomic E-state index is 0.000339. The Labute approximate surface area is 177 Å². The fraction of sp³-hybridized carbons (Fsp3) is 0.286. The zero-order chi connectivity index (χ0) is 20.4. The molecule has 150 valence electrons. The van der Waals surface area contributed by atoms with Crippen molar-refractivity contribution < 1.29 is 14.1 Å². The molecule has 1 amide bonds. The van der Waals surface area contributed by atoms with Gasteiger partial charge in [-0.25, -0.2) is 0 Å². The molecule has 8 heteroatoms. The maximum absolute atomic E-state index is 12.9. The summed E-state index contributed by atoms with van der Waals surface area (Å²) in [5.41, 5.74) is 3.61. The molecule has 0 atom stereocenters. The van der Waals surface area contributed by atoms with Crippen LogP contribution in [-0.2, 0) is 17.6 Å². The Morgan fingerprint density at radius 2 is 2.17 bits per heavy atom. The summed E-state index contributed by atoms with van der Waals surface area (Å²) in [4.78, 5) is 19.0. The van der Waals surface area contributed by atoms with Gasteiger partial charge in [0.05, 0.1) is 19.3 Å². The van der Waals surface area contributed by atoms with Crippen molar-refractivity contribution in [3.05, 3.63) is 52.3 Å². The molecule has 1 aliphatic rings. The number of hydrogen-bond acceptors (Lipinski definition) is 6. The van der Waals surface area contributed by atoms with Gasteiger partial charge < -0.3 is 19.5 Å². The van der Waals surface area contributed by atoms with Crippen molar-refractivity contribution in [2.45, 2.75) is 19.8 Å². The summed E-state index contributed by atoms with van der Waals surface area (Å²) in [6, 6.07) is 11.6. The van der Waals surface area contributed by atoms with Crippen molar-refractivity contribution in [2.75, 3.05) is 30.4 Å². The highest BCUT2D eigenvalue weighted by molar-refractivity contribution is 9.10. The van der Waals surface area contributed by atoms with E-state index in [1.807, 2.05) is 42.2 Å². The number of anilines is 2. The number of ether oxygens (including phenoxy) is 1. The van der Waals surface area contributed by atoms with Crippen molar-refractivity contribution in [3.63, 3.8) is 0 Å². The molecule has 4 rings (SSSR count). The number of halogens is 1. The van der Waals surface area contributed by atoms with Gasteiger partial charge in [0.25, 0.3) is 5.89 Å². The summed E-state index contributed by atoms with van der Waals surface area (Å²) in [5, 5.41) is 7.14.